The van der Waals surface area contributed by atoms with Crippen molar-refractivity contribution < 1.29 is 18.0 Å². The molecule has 0 atom stereocenters. The van der Waals surface area contributed by atoms with E-state index >= 15 is 0 Å². The number of nitrogens with one attached hydrogen (secondary N) is 1. The molecule has 6 nitrogen and oxygen atoms in total. The van der Waals surface area contributed by atoms with Crippen molar-refractivity contribution in [3.8, 4) is 0 Å². The minimum atomic E-state index is -2.68. The second-order valence-corrected chi connectivity index (χ2v) is 7.31. The van der Waals surface area contributed by atoms with Crippen LogP contribution >= 0.6 is 11.6 Å². The highest BCUT2D eigenvalue weighted by atomic mass is 35.5. The SMILES string of the molecule is O=C(Cn1nc(C(F)F)cc1C1CC1)Nc1cnn(Cc2c(F)cccc2Cl)c1. The molecule has 10 heteroatoms. The van der Waals surface area contributed by atoms with Crippen molar-refractivity contribution in [1.29, 1.82) is 0 Å². The van der Waals surface area contributed by atoms with Crippen molar-refractivity contribution in [2.45, 2.75) is 38.3 Å². The van der Waals surface area contributed by atoms with Gasteiger partial charge in [-0.05, 0) is 31.0 Å². The number of anilines is 1. The van der Waals surface area contributed by atoms with Crippen LogP contribution in [-0.2, 0) is 17.9 Å². The molecule has 0 aliphatic heterocycles. The normalized spacial score (nSPS) is 13.8. The zero-order valence-corrected chi connectivity index (χ0v) is 15.9. The standard InChI is InChI=1S/C19H17ClF3N5O/c20-14-2-1-3-15(21)13(14)9-27-8-12(7-24-27)25-18(29)10-28-17(11-4-5-11)6-16(26-28)19(22)23/h1-3,6-8,11,19H,4-5,9-10H2,(H,25,29). The maximum Gasteiger partial charge on any atom is 0.282 e. The van der Waals surface area contributed by atoms with Gasteiger partial charge in [0.15, 0.2) is 0 Å². The van der Waals surface area contributed by atoms with Gasteiger partial charge >= 0.3 is 0 Å². The predicted molar refractivity (Wildman–Crippen MR) is 101 cm³/mol. The first-order chi connectivity index (χ1) is 13.9. The third-order valence-corrected chi connectivity index (χ3v) is 5.00. The lowest BCUT2D eigenvalue weighted by Gasteiger charge is -2.07. The van der Waals surface area contributed by atoms with E-state index in [0.717, 1.165) is 12.8 Å². The summed E-state index contributed by atoms with van der Waals surface area (Å²) in [6.45, 7) is -0.0764. The molecule has 0 spiro atoms. The largest absolute Gasteiger partial charge is 0.322 e. The van der Waals surface area contributed by atoms with Crippen LogP contribution < -0.4 is 5.32 Å². The van der Waals surface area contributed by atoms with Gasteiger partial charge in [-0.3, -0.25) is 14.2 Å². The van der Waals surface area contributed by atoms with Crippen LogP contribution in [0.2, 0.25) is 5.02 Å². The molecular weight excluding hydrogens is 407 g/mol. The Labute approximate surface area is 169 Å². The lowest BCUT2D eigenvalue weighted by molar-refractivity contribution is -0.117. The van der Waals surface area contributed by atoms with E-state index in [2.05, 4.69) is 15.5 Å². The van der Waals surface area contributed by atoms with Crippen molar-refractivity contribution in [1.82, 2.24) is 19.6 Å². The highest BCUT2D eigenvalue weighted by Crippen LogP contribution is 2.41. The summed E-state index contributed by atoms with van der Waals surface area (Å²) in [5.74, 6) is -0.685. The molecule has 0 unspecified atom stereocenters. The zero-order chi connectivity index (χ0) is 20.5. The lowest BCUT2D eigenvalue weighted by atomic mass is 10.2. The summed E-state index contributed by atoms with van der Waals surface area (Å²) < 4.78 is 42.6. The molecular formula is C19H17ClF3N5O. The first-order valence-electron chi connectivity index (χ1n) is 9.01. The Hall–Kier alpha value is -2.81. The van der Waals surface area contributed by atoms with Crippen molar-refractivity contribution in [2.24, 2.45) is 0 Å². The summed E-state index contributed by atoms with van der Waals surface area (Å²) in [6.07, 6.45) is 2.08. The second-order valence-electron chi connectivity index (χ2n) is 6.90. The fraction of sp³-hybridized carbons (Fsp3) is 0.316. The van der Waals surface area contributed by atoms with Gasteiger partial charge in [0.1, 0.15) is 18.1 Å². The van der Waals surface area contributed by atoms with Crippen molar-refractivity contribution in [2.75, 3.05) is 5.32 Å². The molecule has 1 aliphatic carbocycles. The summed E-state index contributed by atoms with van der Waals surface area (Å²) in [7, 11) is 0. The number of carbonyl (C=O) groups excluding carboxylic acids is 1. The molecule has 2 aromatic heterocycles. The Balaban J connectivity index is 1.42. The van der Waals surface area contributed by atoms with Crippen LogP contribution in [0.5, 0.6) is 0 Å². The topological polar surface area (TPSA) is 64.7 Å². The molecule has 3 aromatic rings. The van der Waals surface area contributed by atoms with Crippen molar-refractivity contribution in [3.05, 3.63) is 64.5 Å². The van der Waals surface area contributed by atoms with Gasteiger partial charge < -0.3 is 5.32 Å². The fourth-order valence-electron chi connectivity index (χ4n) is 3.09. The second kappa shape index (κ2) is 7.90. The highest BCUT2D eigenvalue weighted by Gasteiger charge is 2.30. The Kier molecular flexibility index (Phi) is 5.31. The van der Waals surface area contributed by atoms with Gasteiger partial charge in [0.25, 0.3) is 6.43 Å². The maximum absolute atomic E-state index is 13.9. The number of amides is 1. The molecule has 4 rings (SSSR count). The van der Waals surface area contributed by atoms with Crippen LogP contribution in [0.15, 0.2) is 36.7 Å². The summed E-state index contributed by atoms with van der Waals surface area (Å²) in [4.78, 5) is 12.4. The Morgan fingerprint density at radius 3 is 2.83 bits per heavy atom. The summed E-state index contributed by atoms with van der Waals surface area (Å²) in [6, 6.07) is 5.77. The van der Waals surface area contributed by atoms with Gasteiger partial charge in [-0.15, -0.1) is 0 Å². The molecule has 1 aromatic carbocycles. The molecule has 1 fully saturated rings. The van der Waals surface area contributed by atoms with Gasteiger partial charge in [0.05, 0.1) is 18.4 Å². The maximum atomic E-state index is 13.9. The van der Waals surface area contributed by atoms with Crippen LogP contribution in [0.1, 0.15) is 42.1 Å². The summed E-state index contributed by atoms with van der Waals surface area (Å²) in [5, 5.41) is 10.9. The lowest BCUT2D eigenvalue weighted by Crippen LogP contribution is -2.20. The first-order valence-corrected chi connectivity index (χ1v) is 9.39. The minimum Gasteiger partial charge on any atom is -0.322 e. The number of rotatable bonds is 7. The van der Waals surface area contributed by atoms with Crippen LogP contribution in [0.25, 0.3) is 0 Å². The third-order valence-electron chi connectivity index (χ3n) is 4.64. The Bertz CT molecular complexity index is 1020. The molecule has 152 valence electrons. The highest BCUT2D eigenvalue weighted by molar-refractivity contribution is 6.31. The molecule has 1 aliphatic rings. The van der Waals surface area contributed by atoms with E-state index in [0.29, 0.717) is 16.9 Å². The molecule has 29 heavy (non-hydrogen) atoms. The number of nitrogens with zero attached hydrogens (tertiary/aromatic N) is 4. The van der Waals surface area contributed by atoms with Crippen LogP contribution in [0, 0.1) is 5.82 Å². The molecule has 0 bridgehead atoms. The van der Waals surface area contributed by atoms with Gasteiger partial charge in [0.2, 0.25) is 5.91 Å². The average Bonchev–Trinajstić information content (AvgIpc) is 3.27. The van der Waals surface area contributed by atoms with Crippen molar-refractivity contribution >= 4 is 23.2 Å². The number of benzene rings is 1. The Morgan fingerprint density at radius 2 is 2.14 bits per heavy atom. The molecule has 1 saturated carbocycles. The number of halogens is 4. The number of aromatic nitrogens is 4. The van der Waals surface area contributed by atoms with E-state index in [4.69, 9.17) is 11.6 Å². The van der Waals surface area contributed by atoms with Gasteiger partial charge in [-0.25, -0.2) is 13.2 Å². The van der Waals surface area contributed by atoms with Crippen LogP contribution in [0.3, 0.4) is 0 Å². The predicted octanol–water partition coefficient (Wildman–Crippen LogP) is 4.37. The molecule has 0 radical (unpaired) electrons. The zero-order valence-electron chi connectivity index (χ0n) is 15.2. The monoisotopic (exact) mass is 423 g/mol. The minimum absolute atomic E-state index is 0.101. The van der Waals surface area contributed by atoms with E-state index in [1.807, 2.05) is 0 Å². The fourth-order valence-corrected chi connectivity index (χ4v) is 3.31. The molecule has 1 N–H and O–H groups in total. The number of hydrogen-bond acceptors (Lipinski definition) is 3. The average molecular weight is 424 g/mol. The summed E-state index contributed by atoms with van der Waals surface area (Å²) in [5.41, 5.74) is 1.02. The number of carbonyl (C=O) groups is 1. The van der Waals surface area contributed by atoms with Gasteiger partial charge in [-0.2, -0.15) is 10.2 Å². The number of alkyl halides is 2. The smallest absolute Gasteiger partial charge is 0.282 e. The van der Waals surface area contributed by atoms with Gasteiger partial charge in [0, 0.05) is 28.4 Å². The Morgan fingerprint density at radius 1 is 1.34 bits per heavy atom. The van der Waals surface area contributed by atoms with E-state index < -0.39 is 18.1 Å². The quantitative estimate of drug-likeness (QED) is 0.613. The van der Waals surface area contributed by atoms with E-state index in [1.165, 1.54) is 40.0 Å². The van der Waals surface area contributed by atoms with E-state index in [9.17, 15) is 18.0 Å². The van der Waals surface area contributed by atoms with Crippen molar-refractivity contribution in [3.63, 3.8) is 0 Å². The molecule has 1 amide bonds. The van der Waals surface area contributed by atoms with Crippen LogP contribution in [-0.4, -0.2) is 25.5 Å². The third kappa shape index (κ3) is 4.45. The molecule has 2 heterocycles. The van der Waals surface area contributed by atoms with E-state index in [1.54, 1.807) is 6.07 Å². The summed E-state index contributed by atoms with van der Waals surface area (Å²) >= 11 is 6.02. The number of hydrogen-bond donors (Lipinski definition) is 1. The van der Waals surface area contributed by atoms with E-state index in [-0.39, 0.29) is 29.7 Å². The first kappa shape index (κ1) is 19.5. The molecule has 0 saturated heterocycles. The van der Waals surface area contributed by atoms with Crippen LogP contribution in [0.4, 0.5) is 18.9 Å². The van der Waals surface area contributed by atoms with Gasteiger partial charge in [-0.1, -0.05) is 17.7 Å².